The topological polar surface area (TPSA) is 33.4 Å². The van der Waals surface area contributed by atoms with E-state index in [9.17, 15) is 0 Å². The first-order valence-electron chi connectivity index (χ1n) is 2.59. The fourth-order valence-corrected chi connectivity index (χ4v) is 1.17. The van der Waals surface area contributed by atoms with Crippen LogP contribution in [0.25, 0.3) is 0 Å². The highest BCUT2D eigenvalue weighted by Gasteiger charge is 2.02. The minimum atomic E-state index is -0.0472. The third-order valence-electron chi connectivity index (χ3n) is 1.02. The van der Waals surface area contributed by atoms with Crippen LogP contribution in [0.3, 0.4) is 0 Å². The van der Waals surface area contributed by atoms with Crippen molar-refractivity contribution in [1.29, 1.82) is 0 Å². The van der Waals surface area contributed by atoms with E-state index in [1.807, 2.05) is 13.0 Å². The third-order valence-corrected chi connectivity index (χ3v) is 1.70. The molecule has 0 bridgehead atoms. The molecule has 50 valence electrons. The molecule has 0 radical (unpaired) electrons. The van der Waals surface area contributed by atoms with Crippen LogP contribution >= 0.6 is 15.9 Å². The van der Waals surface area contributed by atoms with Crippen molar-refractivity contribution in [1.82, 2.24) is 0 Å². The monoisotopic (exact) mass is 190 g/mol. The number of hydrogen-bond donors (Lipinski definition) is 1. The Morgan fingerprint density at radius 2 is 2.44 bits per heavy atom. The zero-order valence-corrected chi connectivity index (χ0v) is 6.60. The molecule has 9 heavy (non-hydrogen) atoms. The predicted octanol–water partition coefficient (Wildman–Crippen LogP) is 1.84. The molecule has 0 unspecified atom stereocenters. The van der Waals surface area contributed by atoms with Crippen molar-refractivity contribution in [2.24, 2.45) is 0 Å². The van der Waals surface area contributed by atoms with Crippen LogP contribution in [0, 0.1) is 6.92 Å². The molecule has 0 atom stereocenters. The van der Waals surface area contributed by atoms with Gasteiger partial charge in [0.1, 0.15) is 18.1 Å². The van der Waals surface area contributed by atoms with Gasteiger partial charge in [0.25, 0.3) is 0 Å². The molecule has 1 aromatic rings. The van der Waals surface area contributed by atoms with Crippen LogP contribution in [-0.4, -0.2) is 5.11 Å². The van der Waals surface area contributed by atoms with Gasteiger partial charge in [0, 0.05) is 0 Å². The molecule has 1 rings (SSSR count). The Morgan fingerprint density at radius 1 is 1.78 bits per heavy atom. The van der Waals surface area contributed by atoms with Gasteiger partial charge in [-0.05, 0) is 28.9 Å². The SMILES string of the molecule is Cc1cc(Br)c(CO)o1. The molecule has 0 saturated carbocycles. The summed E-state index contributed by atoms with van der Waals surface area (Å²) in [6, 6.07) is 1.82. The minimum Gasteiger partial charge on any atom is -0.463 e. The highest BCUT2D eigenvalue weighted by Crippen LogP contribution is 2.20. The average molecular weight is 191 g/mol. The summed E-state index contributed by atoms with van der Waals surface area (Å²) in [4.78, 5) is 0. The second-order valence-corrected chi connectivity index (χ2v) is 2.64. The van der Waals surface area contributed by atoms with Gasteiger partial charge in [-0.25, -0.2) is 0 Å². The van der Waals surface area contributed by atoms with Crippen LogP contribution in [-0.2, 0) is 6.61 Å². The Kier molecular flexibility index (Phi) is 1.93. The summed E-state index contributed by atoms with van der Waals surface area (Å²) in [5.41, 5.74) is 0. The van der Waals surface area contributed by atoms with Crippen molar-refractivity contribution in [2.75, 3.05) is 0 Å². The summed E-state index contributed by atoms with van der Waals surface area (Å²) in [7, 11) is 0. The van der Waals surface area contributed by atoms with Gasteiger partial charge < -0.3 is 9.52 Å². The zero-order chi connectivity index (χ0) is 6.85. The molecule has 0 spiro atoms. The van der Waals surface area contributed by atoms with Gasteiger partial charge in [0.05, 0.1) is 4.47 Å². The molecule has 3 heteroatoms. The average Bonchev–Trinajstić information content (AvgIpc) is 2.10. The Morgan fingerprint density at radius 3 is 2.67 bits per heavy atom. The first kappa shape index (κ1) is 6.83. The second kappa shape index (κ2) is 2.54. The van der Waals surface area contributed by atoms with Crippen molar-refractivity contribution >= 4 is 15.9 Å². The standard InChI is InChI=1S/C6H7BrO2/c1-4-2-5(7)6(3-8)9-4/h2,8H,3H2,1H3. The first-order valence-corrected chi connectivity index (χ1v) is 3.39. The lowest BCUT2D eigenvalue weighted by Crippen LogP contribution is -1.76. The Balaban J connectivity index is 3.01. The number of rotatable bonds is 1. The van der Waals surface area contributed by atoms with Crippen LogP contribution in [0.4, 0.5) is 0 Å². The van der Waals surface area contributed by atoms with Gasteiger partial charge in [-0.3, -0.25) is 0 Å². The molecule has 2 nitrogen and oxygen atoms in total. The number of aliphatic hydroxyl groups excluding tert-OH is 1. The molecule has 0 fully saturated rings. The van der Waals surface area contributed by atoms with E-state index < -0.39 is 0 Å². The van der Waals surface area contributed by atoms with E-state index >= 15 is 0 Å². The molecule has 0 aliphatic carbocycles. The molecular formula is C6H7BrO2. The van der Waals surface area contributed by atoms with Crippen LogP contribution in [0.1, 0.15) is 11.5 Å². The first-order chi connectivity index (χ1) is 4.24. The molecular weight excluding hydrogens is 184 g/mol. The number of aliphatic hydroxyl groups is 1. The smallest absolute Gasteiger partial charge is 0.143 e. The highest BCUT2D eigenvalue weighted by molar-refractivity contribution is 9.10. The van der Waals surface area contributed by atoms with Gasteiger partial charge in [-0.1, -0.05) is 0 Å². The van der Waals surface area contributed by atoms with Gasteiger partial charge in [0.15, 0.2) is 0 Å². The largest absolute Gasteiger partial charge is 0.463 e. The summed E-state index contributed by atoms with van der Waals surface area (Å²) in [6.07, 6.45) is 0. The molecule has 1 heterocycles. The van der Waals surface area contributed by atoms with Crippen LogP contribution in [0.5, 0.6) is 0 Å². The van der Waals surface area contributed by atoms with Crippen LogP contribution < -0.4 is 0 Å². The van der Waals surface area contributed by atoms with E-state index in [1.165, 1.54) is 0 Å². The fourth-order valence-electron chi connectivity index (χ4n) is 0.639. The lowest BCUT2D eigenvalue weighted by atomic mass is 10.4. The minimum absolute atomic E-state index is 0.0472. The van der Waals surface area contributed by atoms with E-state index in [4.69, 9.17) is 9.52 Å². The van der Waals surface area contributed by atoms with E-state index in [1.54, 1.807) is 0 Å². The number of halogens is 1. The van der Waals surface area contributed by atoms with Crippen LogP contribution in [0.15, 0.2) is 15.0 Å². The Hall–Kier alpha value is -0.280. The lowest BCUT2D eigenvalue weighted by Gasteiger charge is -1.86. The van der Waals surface area contributed by atoms with Crippen molar-refractivity contribution < 1.29 is 9.52 Å². The van der Waals surface area contributed by atoms with Gasteiger partial charge in [0.2, 0.25) is 0 Å². The molecule has 0 amide bonds. The van der Waals surface area contributed by atoms with E-state index in [0.717, 1.165) is 10.2 Å². The van der Waals surface area contributed by atoms with E-state index in [2.05, 4.69) is 15.9 Å². The summed E-state index contributed by atoms with van der Waals surface area (Å²) in [5.74, 6) is 1.40. The van der Waals surface area contributed by atoms with Crippen LogP contribution in [0.2, 0.25) is 0 Å². The second-order valence-electron chi connectivity index (χ2n) is 1.79. The van der Waals surface area contributed by atoms with E-state index in [0.29, 0.717) is 5.76 Å². The number of aryl methyl sites for hydroxylation is 1. The Labute approximate surface area is 61.6 Å². The zero-order valence-electron chi connectivity index (χ0n) is 5.02. The quantitative estimate of drug-likeness (QED) is 0.734. The fraction of sp³-hybridized carbons (Fsp3) is 0.333. The molecule has 0 aromatic carbocycles. The van der Waals surface area contributed by atoms with Gasteiger partial charge >= 0.3 is 0 Å². The normalized spacial score (nSPS) is 10.1. The van der Waals surface area contributed by atoms with Crippen molar-refractivity contribution in [3.8, 4) is 0 Å². The van der Waals surface area contributed by atoms with Crippen molar-refractivity contribution in [2.45, 2.75) is 13.5 Å². The highest BCUT2D eigenvalue weighted by atomic mass is 79.9. The Bertz CT molecular complexity index is 205. The number of hydrogen-bond acceptors (Lipinski definition) is 2. The molecule has 0 aliphatic heterocycles. The van der Waals surface area contributed by atoms with Crippen molar-refractivity contribution in [3.63, 3.8) is 0 Å². The molecule has 0 saturated heterocycles. The maximum absolute atomic E-state index is 8.61. The lowest BCUT2D eigenvalue weighted by molar-refractivity contribution is 0.244. The predicted molar refractivity (Wildman–Crippen MR) is 37.1 cm³/mol. The third kappa shape index (κ3) is 1.34. The van der Waals surface area contributed by atoms with Gasteiger partial charge in [-0.2, -0.15) is 0 Å². The molecule has 1 aromatic heterocycles. The summed E-state index contributed by atoms with van der Waals surface area (Å²) in [6.45, 7) is 1.79. The maximum Gasteiger partial charge on any atom is 0.143 e. The molecule has 0 aliphatic rings. The van der Waals surface area contributed by atoms with Crippen molar-refractivity contribution in [3.05, 3.63) is 22.1 Å². The van der Waals surface area contributed by atoms with E-state index in [-0.39, 0.29) is 6.61 Å². The summed E-state index contributed by atoms with van der Waals surface area (Å²) < 4.78 is 5.90. The number of furan rings is 1. The summed E-state index contributed by atoms with van der Waals surface area (Å²) >= 11 is 3.22. The summed E-state index contributed by atoms with van der Waals surface area (Å²) in [5, 5.41) is 8.61. The molecule has 1 N–H and O–H groups in total. The maximum atomic E-state index is 8.61. The van der Waals surface area contributed by atoms with Gasteiger partial charge in [-0.15, -0.1) is 0 Å².